The van der Waals surface area contributed by atoms with Gasteiger partial charge in [-0.1, -0.05) is 17.3 Å². The molecule has 0 bridgehead atoms. The first kappa shape index (κ1) is 26.4. The van der Waals surface area contributed by atoms with Crippen molar-refractivity contribution < 1.29 is 18.8 Å². The maximum Gasteiger partial charge on any atom is 0.333 e. The molecule has 1 fully saturated rings. The highest BCUT2D eigenvalue weighted by atomic mass is 35.5. The first-order valence-corrected chi connectivity index (χ1v) is 12.3. The van der Waals surface area contributed by atoms with Crippen LogP contribution in [0.1, 0.15) is 27.6 Å². The molecule has 0 spiro atoms. The molecule has 0 unspecified atom stereocenters. The Bertz CT molecular complexity index is 1510. The van der Waals surface area contributed by atoms with E-state index in [-0.39, 0.29) is 30.8 Å². The number of aromatic nitrogens is 4. The predicted molar refractivity (Wildman–Crippen MR) is 145 cm³/mol. The van der Waals surface area contributed by atoms with Crippen LogP contribution in [0.4, 0.5) is 10.5 Å². The number of carbonyl (C=O) groups is 2. The van der Waals surface area contributed by atoms with Crippen molar-refractivity contribution in [1.29, 1.82) is 0 Å². The van der Waals surface area contributed by atoms with Crippen molar-refractivity contribution in [3.05, 3.63) is 65.3 Å². The fraction of sp³-hybridized carbons (Fsp3) is 0.269. The fourth-order valence-corrected chi connectivity index (χ4v) is 4.67. The van der Waals surface area contributed by atoms with E-state index in [1.807, 2.05) is 29.3 Å². The van der Waals surface area contributed by atoms with E-state index < -0.39 is 0 Å². The van der Waals surface area contributed by atoms with E-state index in [1.54, 1.807) is 25.1 Å². The lowest BCUT2D eigenvalue weighted by atomic mass is 10.0. The van der Waals surface area contributed by atoms with E-state index in [0.29, 0.717) is 51.2 Å². The molecular weight excluding hydrogens is 524 g/mol. The van der Waals surface area contributed by atoms with Crippen molar-refractivity contribution in [3.63, 3.8) is 0 Å². The number of benzene rings is 2. The van der Waals surface area contributed by atoms with Gasteiger partial charge in [0.25, 0.3) is 5.89 Å². The zero-order valence-corrected chi connectivity index (χ0v) is 22.2. The van der Waals surface area contributed by atoms with Gasteiger partial charge in [-0.2, -0.15) is 10.1 Å². The number of amides is 2. The molecule has 1 aliphatic carbocycles. The number of carbonyl (C=O) groups excluding carboxylic acids is 2. The Labute approximate surface area is 230 Å². The number of halogens is 1. The van der Waals surface area contributed by atoms with E-state index in [0.717, 1.165) is 31.7 Å². The first-order chi connectivity index (χ1) is 18.5. The van der Waals surface area contributed by atoms with Crippen LogP contribution >= 0.6 is 12.4 Å². The molecule has 3 heterocycles. The molecular formula is C26H27ClN8O4. The number of likely N-dealkylation sites (N-methyl/N-ethyl adjacent to an activating group) is 1. The summed E-state index contributed by atoms with van der Waals surface area (Å²) in [6.45, 7) is 5.10. The highest BCUT2D eigenvalue weighted by Gasteiger charge is 2.35. The van der Waals surface area contributed by atoms with Gasteiger partial charge >= 0.3 is 6.03 Å². The number of anilines is 1. The Morgan fingerprint density at radius 3 is 2.59 bits per heavy atom. The number of aromatic amines is 1. The van der Waals surface area contributed by atoms with Crippen LogP contribution in [0.5, 0.6) is 5.75 Å². The second kappa shape index (κ2) is 10.8. The van der Waals surface area contributed by atoms with Crippen molar-refractivity contribution in [2.45, 2.75) is 13.5 Å². The number of piperazine rings is 1. The van der Waals surface area contributed by atoms with E-state index in [9.17, 15) is 9.59 Å². The fourth-order valence-electron chi connectivity index (χ4n) is 4.67. The SMILES string of the molecule is Cc1noc(COc2ccc(-c3n[nH]c4c3C(=O)c3c(NC(=O)NN5CCN(C)CC5)cccc3-4)cc2)n1.Cl. The van der Waals surface area contributed by atoms with Crippen molar-refractivity contribution in [2.24, 2.45) is 0 Å². The number of fused-ring (bicyclic) bond motifs is 3. The summed E-state index contributed by atoms with van der Waals surface area (Å²) in [4.78, 5) is 32.6. The number of hydrazine groups is 1. The van der Waals surface area contributed by atoms with Crippen LogP contribution < -0.4 is 15.5 Å². The van der Waals surface area contributed by atoms with Crippen molar-refractivity contribution in [2.75, 3.05) is 38.5 Å². The molecule has 0 saturated carbocycles. The van der Waals surface area contributed by atoms with E-state index >= 15 is 0 Å². The summed E-state index contributed by atoms with van der Waals surface area (Å²) in [5, 5.41) is 15.9. The van der Waals surface area contributed by atoms with Gasteiger partial charge in [0, 0.05) is 37.3 Å². The number of ketones is 1. The zero-order valence-electron chi connectivity index (χ0n) is 21.4. The highest BCUT2D eigenvalue weighted by molar-refractivity contribution is 6.26. The summed E-state index contributed by atoms with van der Waals surface area (Å²) in [5.74, 6) is 1.36. The maximum absolute atomic E-state index is 13.6. The second-order valence-electron chi connectivity index (χ2n) is 9.28. The number of nitrogens with zero attached hydrogens (tertiary/aromatic N) is 5. The lowest BCUT2D eigenvalue weighted by Gasteiger charge is -2.32. The Kier molecular flexibility index (Phi) is 7.33. The van der Waals surface area contributed by atoms with Gasteiger partial charge in [-0.05, 0) is 44.3 Å². The predicted octanol–water partition coefficient (Wildman–Crippen LogP) is 3.26. The molecule has 1 saturated heterocycles. The largest absolute Gasteiger partial charge is 0.484 e. The Morgan fingerprint density at radius 1 is 1.10 bits per heavy atom. The van der Waals surface area contributed by atoms with Crippen LogP contribution in [-0.2, 0) is 6.61 Å². The molecule has 4 aromatic rings. The minimum absolute atomic E-state index is 0. The third-order valence-electron chi connectivity index (χ3n) is 6.63. The Hall–Kier alpha value is -4.26. The van der Waals surface area contributed by atoms with Crippen LogP contribution in [0, 0.1) is 6.92 Å². The Morgan fingerprint density at radius 2 is 1.87 bits per heavy atom. The summed E-state index contributed by atoms with van der Waals surface area (Å²) in [6, 6.07) is 12.3. The molecule has 12 nitrogen and oxygen atoms in total. The molecule has 6 rings (SSSR count). The number of ether oxygens (including phenoxy) is 1. The van der Waals surface area contributed by atoms with Crippen LogP contribution in [0.3, 0.4) is 0 Å². The third-order valence-corrected chi connectivity index (χ3v) is 6.63. The minimum Gasteiger partial charge on any atom is -0.484 e. The minimum atomic E-state index is -0.379. The van der Waals surface area contributed by atoms with Gasteiger partial charge in [0.05, 0.1) is 22.5 Å². The molecule has 39 heavy (non-hydrogen) atoms. The number of urea groups is 1. The number of H-pyrrole nitrogens is 1. The molecule has 0 atom stereocenters. The molecule has 3 N–H and O–H groups in total. The smallest absolute Gasteiger partial charge is 0.333 e. The number of nitrogens with one attached hydrogen (secondary N) is 3. The van der Waals surface area contributed by atoms with E-state index in [4.69, 9.17) is 9.26 Å². The molecule has 202 valence electrons. The third kappa shape index (κ3) is 5.21. The molecule has 0 radical (unpaired) electrons. The molecule has 13 heteroatoms. The number of aryl methyl sites for hydroxylation is 1. The van der Waals surface area contributed by atoms with Gasteiger partial charge in [0.15, 0.2) is 18.2 Å². The topological polar surface area (TPSA) is 142 Å². The average Bonchev–Trinajstić information content (AvgIpc) is 3.61. The number of hydrogen-bond donors (Lipinski definition) is 3. The van der Waals surface area contributed by atoms with Crippen LogP contribution in [0.15, 0.2) is 47.0 Å². The average molecular weight is 551 g/mol. The van der Waals surface area contributed by atoms with Gasteiger partial charge < -0.3 is 19.5 Å². The van der Waals surface area contributed by atoms with Crippen LogP contribution in [-0.4, -0.2) is 75.3 Å². The van der Waals surface area contributed by atoms with Crippen molar-refractivity contribution in [1.82, 2.24) is 35.7 Å². The summed E-state index contributed by atoms with van der Waals surface area (Å²) < 4.78 is 10.8. The van der Waals surface area contributed by atoms with Gasteiger partial charge in [-0.15, -0.1) is 12.4 Å². The van der Waals surface area contributed by atoms with E-state index in [1.165, 1.54) is 0 Å². The molecule has 2 aromatic heterocycles. The summed E-state index contributed by atoms with van der Waals surface area (Å²) in [6.07, 6.45) is 0. The quantitative estimate of drug-likeness (QED) is 0.290. The van der Waals surface area contributed by atoms with Gasteiger partial charge in [-0.25, -0.2) is 9.80 Å². The van der Waals surface area contributed by atoms with Gasteiger partial charge in [0.1, 0.15) is 11.4 Å². The normalized spacial score (nSPS) is 14.9. The molecule has 2 aromatic carbocycles. The van der Waals surface area contributed by atoms with Crippen molar-refractivity contribution in [3.8, 4) is 28.3 Å². The lowest BCUT2D eigenvalue weighted by Crippen LogP contribution is -2.53. The zero-order chi connectivity index (χ0) is 26.2. The monoisotopic (exact) mass is 550 g/mol. The number of rotatable bonds is 6. The maximum atomic E-state index is 13.6. The summed E-state index contributed by atoms with van der Waals surface area (Å²) in [5.41, 5.74) is 6.88. The number of hydrogen-bond acceptors (Lipinski definition) is 9. The lowest BCUT2D eigenvalue weighted by molar-refractivity contribution is 0.104. The van der Waals surface area contributed by atoms with Crippen molar-refractivity contribution >= 4 is 29.9 Å². The summed E-state index contributed by atoms with van der Waals surface area (Å²) in [7, 11) is 2.05. The van der Waals surface area contributed by atoms with E-state index in [2.05, 4.69) is 43.0 Å². The second-order valence-corrected chi connectivity index (χ2v) is 9.28. The molecule has 2 aliphatic rings. The molecule has 1 aliphatic heterocycles. The van der Waals surface area contributed by atoms with Crippen LogP contribution in [0.25, 0.3) is 22.5 Å². The highest BCUT2D eigenvalue weighted by Crippen LogP contribution is 2.43. The van der Waals surface area contributed by atoms with Crippen LogP contribution in [0.2, 0.25) is 0 Å². The molecule has 2 amide bonds. The summed E-state index contributed by atoms with van der Waals surface area (Å²) >= 11 is 0. The van der Waals surface area contributed by atoms with Gasteiger partial charge in [0.2, 0.25) is 0 Å². The standard InChI is InChI=1S/C26H26N8O4.ClH/c1-15-27-20(38-32-15)14-37-17-8-6-16(7-9-17)23-22-24(30-29-23)18-4-3-5-19(21(18)25(22)35)28-26(36)31-34-12-10-33(2)11-13-34;/h3-9H,10-14H2,1-2H3,(H,29,30)(H2,28,31,36);1H. The Balaban J connectivity index is 0.00000308. The van der Waals surface area contributed by atoms with Gasteiger partial charge in [-0.3, -0.25) is 15.3 Å². The first-order valence-electron chi connectivity index (χ1n) is 12.3.